The van der Waals surface area contributed by atoms with Gasteiger partial charge in [-0.3, -0.25) is 4.98 Å². The van der Waals surface area contributed by atoms with Gasteiger partial charge in [0.25, 0.3) is 0 Å². The molecule has 0 aromatic carbocycles. The number of pyridine rings is 2. The van der Waals surface area contributed by atoms with Crippen molar-refractivity contribution in [1.29, 1.82) is 0 Å². The summed E-state index contributed by atoms with van der Waals surface area (Å²) in [7, 11) is 0. The molecule has 4 nitrogen and oxygen atoms in total. The van der Waals surface area contributed by atoms with Crippen molar-refractivity contribution in [3.63, 3.8) is 0 Å². The zero-order valence-electron chi connectivity index (χ0n) is 9.85. The third-order valence-corrected chi connectivity index (χ3v) is 2.60. The Morgan fingerprint density at radius 3 is 2.59 bits per heavy atom. The number of hydrogen-bond acceptors (Lipinski definition) is 4. The second kappa shape index (κ2) is 5.41. The Balaban J connectivity index is 2.46. The molecule has 0 unspecified atom stereocenters. The van der Waals surface area contributed by atoms with Crippen molar-refractivity contribution in [2.75, 3.05) is 5.43 Å². The highest BCUT2D eigenvalue weighted by molar-refractivity contribution is 5.66. The smallest absolute Gasteiger partial charge is 0.140 e. The van der Waals surface area contributed by atoms with E-state index >= 15 is 0 Å². The number of nitrogens with two attached hydrogens (primary N) is 1. The molecule has 3 N–H and O–H groups in total. The maximum atomic E-state index is 5.38. The molecule has 0 spiro atoms. The Hall–Kier alpha value is -1.94. The summed E-state index contributed by atoms with van der Waals surface area (Å²) in [5.41, 5.74) is 5.93. The summed E-state index contributed by atoms with van der Waals surface area (Å²) < 4.78 is 0. The second-order valence-electron chi connectivity index (χ2n) is 3.82. The first-order chi connectivity index (χ1) is 8.35. The van der Waals surface area contributed by atoms with Crippen LogP contribution in [0.3, 0.4) is 0 Å². The first-order valence-electron chi connectivity index (χ1n) is 5.72. The minimum atomic E-state index is 0.700. The van der Waals surface area contributed by atoms with E-state index in [4.69, 9.17) is 5.84 Å². The molecule has 0 atom stereocenters. The van der Waals surface area contributed by atoms with Crippen molar-refractivity contribution in [2.24, 2.45) is 5.84 Å². The second-order valence-corrected chi connectivity index (χ2v) is 3.82. The van der Waals surface area contributed by atoms with Crippen LogP contribution in [0.15, 0.2) is 36.7 Å². The van der Waals surface area contributed by atoms with Crippen LogP contribution in [-0.2, 0) is 6.42 Å². The highest BCUT2D eigenvalue weighted by Gasteiger charge is 2.06. The monoisotopic (exact) mass is 228 g/mol. The zero-order chi connectivity index (χ0) is 12.1. The van der Waals surface area contributed by atoms with Crippen LogP contribution in [0, 0.1) is 0 Å². The molecule has 2 rings (SSSR count). The summed E-state index contributed by atoms with van der Waals surface area (Å²) in [6.07, 6.45) is 5.58. The summed E-state index contributed by atoms with van der Waals surface area (Å²) >= 11 is 0. The fourth-order valence-corrected chi connectivity index (χ4v) is 1.80. The van der Waals surface area contributed by atoms with Gasteiger partial charge in [0.1, 0.15) is 5.82 Å². The van der Waals surface area contributed by atoms with E-state index in [0.29, 0.717) is 5.82 Å². The van der Waals surface area contributed by atoms with Crippen LogP contribution in [0.2, 0.25) is 0 Å². The Bertz CT molecular complexity index is 482. The molecular weight excluding hydrogens is 212 g/mol. The number of hydrazine groups is 1. The molecule has 0 bridgehead atoms. The maximum Gasteiger partial charge on any atom is 0.140 e. The fraction of sp³-hybridized carbons (Fsp3) is 0.231. The van der Waals surface area contributed by atoms with Gasteiger partial charge in [0.15, 0.2) is 0 Å². The zero-order valence-corrected chi connectivity index (χ0v) is 9.85. The van der Waals surface area contributed by atoms with Crippen molar-refractivity contribution in [2.45, 2.75) is 19.8 Å². The van der Waals surface area contributed by atoms with Crippen molar-refractivity contribution in [1.82, 2.24) is 9.97 Å². The Morgan fingerprint density at radius 1 is 1.18 bits per heavy atom. The van der Waals surface area contributed by atoms with Crippen LogP contribution in [0.4, 0.5) is 5.82 Å². The van der Waals surface area contributed by atoms with Gasteiger partial charge in [0.2, 0.25) is 0 Å². The summed E-state index contributed by atoms with van der Waals surface area (Å²) in [5.74, 6) is 6.08. The van der Waals surface area contributed by atoms with Crippen LogP contribution >= 0.6 is 0 Å². The Morgan fingerprint density at radius 2 is 1.94 bits per heavy atom. The summed E-state index contributed by atoms with van der Waals surface area (Å²) in [6.45, 7) is 2.14. The summed E-state index contributed by atoms with van der Waals surface area (Å²) in [6, 6.07) is 7.91. The standard InChI is InChI=1S/C13H16N4/c1-2-3-12-11(4-5-13(16-12)17-14)10-6-8-15-9-7-10/h4-9H,2-3,14H2,1H3,(H,16,17). The summed E-state index contributed by atoms with van der Waals surface area (Å²) in [5, 5.41) is 0. The number of aryl methyl sites for hydroxylation is 1. The molecule has 0 saturated carbocycles. The number of aromatic nitrogens is 2. The van der Waals surface area contributed by atoms with Crippen LogP contribution in [0.1, 0.15) is 19.0 Å². The lowest BCUT2D eigenvalue weighted by atomic mass is 10.0. The SMILES string of the molecule is CCCc1nc(NN)ccc1-c1ccncc1. The van der Waals surface area contributed by atoms with Gasteiger partial charge in [-0.2, -0.15) is 0 Å². The van der Waals surface area contributed by atoms with Gasteiger partial charge in [0, 0.05) is 18.0 Å². The number of nitrogen functional groups attached to an aromatic ring is 1. The van der Waals surface area contributed by atoms with E-state index in [1.165, 1.54) is 0 Å². The quantitative estimate of drug-likeness (QED) is 0.623. The number of nitrogens with one attached hydrogen (secondary N) is 1. The van der Waals surface area contributed by atoms with Crippen molar-refractivity contribution in [3.05, 3.63) is 42.4 Å². The molecule has 0 aliphatic heterocycles. The number of hydrogen-bond donors (Lipinski definition) is 2. The van der Waals surface area contributed by atoms with Gasteiger partial charge in [-0.05, 0) is 36.2 Å². The van der Waals surface area contributed by atoms with E-state index in [0.717, 1.165) is 29.7 Å². The lowest BCUT2D eigenvalue weighted by Gasteiger charge is -2.10. The van der Waals surface area contributed by atoms with E-state index in [9.17, 15) is 0 Å². The van der Waals surface area contributed by atoms with E-state index in [2.05, 4.69) is 22.3 Å². The van der Waals surface area contributed by atoms with E-state index in [1.807, 2.05) is 24.3 Å². The summed E-state index contributed by atoms with van der Waals surface area (Å²) in [4.78, 5) is 8.53. The lowest BCUT2D eigenvalue weighted by molar-refractivity contribution is 0.885. The molecule has 0 amide bonds. The minimum absolute atomic E-state index is 0.700. The molecule has 0 radical (unpaired) electrons. The lowest BCUT2D eigenvalue weighted by Crippen LogP contribution is -2.09. The first kappa shape index (κ1) is 11.5. The molecule has 2 aromatic heterocycles. The highest BCUT2D eigenvalue weighted by atomic mass is 15.2. The number of anilines is 1. The molecule has 4 heteroatoms. The third kappa shape index (κ3) is 2.60. The van der Waals surface area contributed by atoms with Gasteiger partial charge >= 0.3 is 0 Å². The number of rotatable bonds is 4. The minimum Gasteiger partial charge on any atom is -0.308 e. The van der Waals surface area contributed by atoms with Gasteiger partial charge in [0.05, 0.1) is 5.69 Å². The van der Waals surface area contributed by atoms with Crippen LogP contribution in [0.25, 0.3) is 11.1 Å². The molecule has 2 heterocycles. The molecule has 2 aromatic rings. The normalized spacial score (nSPS) is 10.2. The predicted molar refractivity (Wildman–Crippen MR) is 69.3 cm³/mol. The van der Waals surface area contributed by atoms with Crippen LogP contribution < -0.4 is 11.3 Å². The first-order valence-corrected chi connectivity index (χ1v) is 5.72. The molecule has 17 heavy (non-hydrogen) atoms. The average molecular weight is 228 g/mol. The van der Waals surface area contributed by atoms with E-state index in [1.54, 1.807) is 12.4 Å². The molecule has 0 aliphatic rings. The van der Waals surface area contributed by atoms with Gasteiger partial charge < -0.3 is 5.43 Å². The molecule has 0 saturated heterocycles. The van der Waals surface area contributed by atoms with E-state index < -0.39 is 0 Å². The fourth-order valence-electron chi connectivity index (χ4n) is 1.80. The molecule has 0 aliphatic carbocycles. The largest absolute Gasteiger partial charge is 0.308 e. The van der Waals surface area contributed by atoms with Crippen LogP contribution in [-0.4, -0.2) is 9.97 Å². The molecular formula is C13H16N4. The van der Waals surface area contributed by atoms with Gasteiger partial charge in [-0.15, -0.1) is 0 Å². The topological polar surface area (TPSA) is 63.8 Å². The van der Waals surface area contributed by atoms with Crippen molar-refractivity contribution < 1.29 is 0 Å². The van der Waals surface area contributed by atoms with Gasteiger partial charge in [-0.25, -0.2) is 10.8 Å². The Kier molecular flexibility index (Phi) is 3.67. The Labute approximate surface area is 101 Å². The van der Waals surface area contributed by atoms with Crippen LogP contribution in [0.5, 0.6) is 0 Å². The van der Waals surface area contributed by atoms with Crippen molar-refractivity contribution >= 4 is 5.82 Å². The predicted octanol–water partition coefficient (Wildman–Crippen LogP) is 2.38. The molecule has 0 fully saturated rings. The highest BCUT2D eigenvalue weighted by Crippen LogP contribution is 2.24. The maximum absolute atomic E-state index is 5.38. The van der Waals surface area contributed by atoms with Gasteiger partial charge in [-0.1, -0.05) is 13.3 Å². The third-order valence-electron chi connectivity index (χ3n) is 2.60. The van der Waals surface area contributed by atoms with E-state index in [-0.39, 0.29) is 0 Å². The van der Waals surface area contributed by atoms with Crippen molar-refractivity contribution in [3.8, 4) is 11.1 Å². The molecule has 88 valence electrons. The number of nitrogens with zero attached hydrogens (tertiary/aromatic N) is 2. The average Bonchev–Trinajstić information content (AvgIpc) is 2.40.